The second kappa shape index (κ2) is 6.11. The summed E-state index contributed by atoms with van der Waals surface area (Å²) in [6.07, 6.45) is 0.832. The van der Waals surface area contributed by atoms with E-state index < -0.39 is 0 Å². The topological polar surface area (TPSA) is 79.7 Å². The fourth-order valence-corrected chi connectivity index (χ4v) is 2.76. The van der Waals surface area contributed by atoms with Gasteiger partial charge in [-0.2, -0.15) is 19.3 Å². The first-order chi connectivity index (χ1) is 9.12. The van der Waals surface area contributed by atoms with Gasteiger partial charge in [0.05, 0.1) is 0 Å². The Balaban J connectivity index is 2.25. The van der Waals surface area contributed by atoms with Crippen molar-refractivity contribution in [2.75, 3.05) is 31.4 Å². The summed E-state index contributed by atoms with van der Waals surface area (Å²) < 4.78 is 5.09. The van der Waals surface area contributed by atoms with Crippen LogP contribution < -0.4 is 10.2 Å². The molecule has 0 saturated heterocycles. The molecular weight excluding hydrogens is 282 g/mol. The van der Waals surface area contributed by atoms with Crippen molar-refractivity contribution < 1.29 is 0 Å². The van der Waals surface area contributed by atoms with Crippen LogP contribution in [0, 0.1) is 0 Å². The van der Waals surface area contributed by atoms with Crippen LogP contribution in [0.4, 0.5) is 11.9 Å². The van der Waals surface area contributed by atoms with Gasteiger partial charge in [0.2, 0.25) is 17.1 Å². The molecule has 0 fully saturated rings. The summed E-state index contributed by atoms with van der Waals surface area (Å²) in [5.74, 6) is 2.01. The van der Waals surface area contributed by atoms with Crippen LogP contribution in [0.25, 0.3) is 0 Å². The van der Waals surface area contributed by atoms with Gasteiger partial charge in [-0.15, -0.1) is 0 Å². The molecule has 0 bridgehead atoms. The Morgan fingerprint density at radius 3 is 2.58 bits per heavy atom. The Hall–Kier alpha value is -1.48. The monoisotopic (exact) mass is 297 g/mol. The number of hydrogen-bond donors (Lipinski definition) is 1. The Labute approximate surface area is 120 Å². The molecule has 0 amide bonds. The molecule has 0 aliphatic rings. The second-order valence-electron chi connectivity index (χ2n) is 3.82. The summed E-state index contributed by atoms with van der Waals surface area (Å²) in [6, 6.07) is 0. The van der Waals surface area contributed by atoms with Gasteiger partial charge < -0.3 is 10.2 Å². The van der Waals surface area contributed by atoms with Crippen molar-refractivity contribution in [3.05, 3.63) is 5.82 Å². The molecule has 9 heteroatoms. The van der Waals surface area contributed by atoms with Gasteiger partial charge in [0.15, 0.2) is 4.34 Å². The number of aromatic nitrogens is 5. The average Bonchev–Trinajstić information content (AvgIpc) is 2.85. The number of rotatable bonds is 5. The molecule has 0 atom stereocenters. The molecule has 0 unspecified atom stereocenters. The first-order valence-corrected chi connectivity index (χ1v) is 7.33. The predicted molar refractivity (Wildman–Crippen MR) is 77.1 cm³/mol. The molecule has 0 radical (unpaired) electrons. The van der Waals surface area contributed by atoms with Crippen molar-refractivity contribution in [1.29, 1.82) is 0 Å². The lowest BCUT2D eigenvalue weighted by molar-refractivity contribution is 0.868. The van der Waals surface area contributed by atoms with Gasteiger partial charge in [-0.3, -0.25) is 0 Å². The van der Waals surface area contributed by atoms with E-state index in [9.17, 15) is 0 Å². The lowest BCUT2D eigenvalue weighted by Gasteiger charge is -2.11. The molecule has 0 saturated carbocycles. The normalized spacial score (nSPS) is 10.5. The van der Waals surface area contributed by atoms with Crippen molar-refractivity contribution in [2.45, 2.75) is 22.8 Å². The van der Waals surface area contributed by atoms with Gasteiger partial charge in [-0.1, -0.05) is 6.92 Å². The first-order valence-electron chi connectivity index (χ1n) is 5.74. The van der Waals surface area contributed by atoms with E-state index in [-0.39, 0.29) is 0 Å². The molecule has 2 rings (SSSR count). The van der Waals surface area contributed by atoms with Crippen LogP contribution in [0.5, 0.6) is 0 Å². The second-order valence-corrected chi connectivity index (χ2v) is 5.78. The maximum atomic E-state index is 4.39. The zero-order valence-electron chi connectivity index (χ0n) is 11.2. The fraction of sp³-hybridized carbons (Fsp3) is 0.500. The van der Waals surface area contributed by atoms with Crippen molar-refractivity contribution in [3.63, 3.8) is 0 Å². The van der Waals surface area contributed by atoms with Crippen molar-refractivity contribution in [1.82, 2.24) is 24.3 Å². The number of aryl methyl sites for hydroxylation is 1. The predicted octanol–water partition coefficient (Wildman–Crippen LogP) is 1.54. The molecule has 102 valence electrons. The van der Waals surface area contributed by atoms with E-state index in [1.165, 1.54) is 23.3 Å². The molecule has 2 aromatic rings. The third-order valence-corrected chi connectivity index (χ3v) is 3.83. The largest absolute Gasteiger partial charge is 0.357 e. The van der Waals surface area contributed by atoms with Crippen LogP contribution in [-0.4, -0.2) is 45.5 Å². The lowest BCUT2D eigenvalue weighted by atomic mass is 10.5. The van der Waals surface area contributed by atoms with E-state index in [0.29, 0.717) is 17.1 Å². The molecule has 2 heterocycles. The Morgan fingerprint density at radius 2 is 2.00 bits per heavy atom. The van der Waals surface area contributed by atoms with Gasteiger partial charge in [0, 0.05) is 27.6 Å². The molecule has 7 nitrogen and oxygen atoms in total. The maximum Gasteiger partial charge on any atom is 0.230 e. The van der Waals surface area contributed by atoms with Crippen LogP contribution >= 0.6 is 23.3 Å². The number of hydrogen-bond acceptors (Lipinski definition) is 9. The summed E-state index contributed by atoms with van der Waals surface area (Å²) in [5.41, 5.74) is 0. The van der Waals surface area contributed by atoms with Gasteiger partial charge in [-0.05, 0) is 23.3 Å². The van der Waals surface area contributed by atoms with E-state index in [1.54, 1.807) is 7.05 Å². The average molecular weight is 297 g/mol. The van der Waals surface area contributed by atoms with Gasteiger partial charge in [0.25, 0.3) is 0 Å². The molecule has 0 aliphatic carbocycles. The van der Waals surface area contributed by atoms with Crippen molar-refractivity contribution in [2.24, 2.45) is 0 Å². The van der Waals surface area contributed by atoms with Crippen molar-refractivity contribution >= 4 is 35.2 Å². The summed E-state index contributed by atoms with van der Waals surface area (Å²) in [5, 5.41) is 3.54. The molecule has 0 aliphatic heterocycles. The lowest BCUT2D eigenvalue weighted by Crippen LogP contribution is -2.15. The first kappa shape index (κ1) is 13.9. The van der Waals surface area contributed by atoms with Crippen LogP contribution in [0.15, 0.2) is 9.50 Å². The Morgan fingerprint density at radius 1 is 1.21 bits per heavy atom. The third kappa shape index (κ3) is 3.51. The van der Waals surface area contributed by atoms with Gasteiger partial charge >= 0.3 is 0 Å². The summed E-state index contributed by atoms with van der Waals surface area (Å²) in [4.78, 5) is 19.2. The highest BCUT2D eigenvalue weighted by Gasteiger charge is 2.11. The molecule has 0 aromatic carbocycles. The summed E-state index contributed by atoms with van der Waals surface area (Å²) >= 11 is 2.77. The van der Waals surface area contributed by atoms with Crippen LogP contribution in [0.2, 0.25) is 0 Å². The van der Waals surface area contributed by atoms with E-state index in [0.717, 1.165) is 16.6 Å². The number of nitrogens with one attached hydrogen (secondary N) is 1. The standard InChI is InChI=1S/C10H15N7S2/c1-5-6-12-10(19-16-6)18-9-14-7(11-2)13-8(15-9)17(3)4/h5H2,1-4H3,(H,11,13,14,15). The summed E-state index contributed by atoms with van der Waals surface area (Å²) in [7, 11) is 5.57. The molecule has 19 heavy (non-hydrogen) atoms. The molecule has 1 N–H and O–H groups in total. The van der Waals surface area contributed by atoms with Crippen LogP contribution in [0.3, 0.4) is 0 Å². The molecule has 2 aromatic heterocycles. The maximum absolute atomic E-state index is 4.39. The van der Waals surface area contributed by atoms with Crippen LogP contribution in [-0.2, 0) is 6.42 Å². The summed E-state index contributed by atoms with van der Waals surface area (Å²) in [6.45, 7) is 2.03. The minimum atomic E-state index is 0.543. The van der Waals surface area contributed by atoms with Crippen LogP contribution in [0.1, 0.15) is 12.7 Å². The van der Waals surface area contributed by atoms with Gasteiger partial charge in [0.1, 0.15) is 5.82 Å². The quantitative estimate of drug-likeness (QED) is 0.890. The number of anilines is 2. The smallest absolute Gasteiger partial charge is 0.230 e. The van der Waals surface area contributed by atoms with E-state index in [4.69, 9.17) is 0 Å². The highest BCUT2D eigenvalue weighted by molar-refractivity contribution is 8.00. The zero-order chi connectivity index (χ0) is 13.8. The van der Waals surface area contributed by atoms with Crippen molar-refractivity contribution in [3.8, 4) is 0 Å². The fourth-order valence-electron chi connectivity index (χ4n) is 1.20. The Kier molecular flexibility index (Phi) is 4.48. The molecule has 0 spiro atoms. The number of nitrogens with zero attached hydrogens (tertiary/aromatic N) is 6. The van der Waals surface area contributed by atoms with E-state index in [1.807, 2.05) is 25.9 Å². The zero-order valence-corrected chi connectivity index (χ0v) is 12.8. The minimum Gasteiger partial charge on any atom is -0.357 e. The third-order valence-electron chi connectivity index (χ3n) is 2.17. The molecular formula is C10H15N7S2. The minimum absolute atomic E-state index is 0.543. The van der Waals surface area contributed by atoms with E-state index in [2.05, 4.69) is 29.6 Å². The SMILES string of the molecule is CCc1nsc(Sc2nc(NC)nc(N(C)C)n2)n1. The van der Waals surface area contributed by atoms with E-state index >= 15 is 0 Å². The van der Waals surface area contributed by atoms with Gasteiger partial charge in [-0.25, -0.2) is 4.98 Å². The highest BCUT2D eigenvalue weighted by Crippen LogP contribution is 2.27. The highest BCUT2D eigenvalue weighted by atomic mass is 32.2. The Bertz CT molecular complexity index is 555.